The number of aliphatic hydroxyl groups excluding tert-OH is 1. The van der Waals surface area contributed by atoms with Crippen LogP contribution in [0.4, 0.5) is 5.69 Å². The van der Waals surface area contributed by atoms with Crippen molar-refractivity contribution in [2.45, 2.75) is 53.0 Å². The Hall–Kier alpha value is -1.55. The lowest BCUT2D eigenvalue weighted by Gasteiger charge is -2.65. The Kier molecular flexibility index (Phi) is 5.08. The van der Waals surface area contributed by atoms with Crippen molar-refractivity contribution in [2.24, 2.45) is 28.2 Å². The second-order valence-corrected chi connectivity index (χ2v) is 8.82. The normalized spacial score (nSPS) is 32.5. The monoisotopic (exact) mass is 358 g/mol. The zero-order valence-corrected chi connectivity index (χ0v) is 16.9. The largest absolute Gasteiger partial charge is 0.507 e. The topological polar surface area (TPSA) is 56.1 Å². The van der Waals surface area contributed by atoms with Crippen molar-refractivity contribution in [1.29, 1.82) is 0 Å². The summed E-state index contributed by atoms with van der Waals surface area (Å²) in [7, 11) is 0. The first-order valence-corrected chi connectivity index (χ1v) is 10.0. The van der Waals surface area contributed by atoms with Gasteiger partial charge in [0, 0.05) is 49.1 Å². The Bertz CT molecular complexity index is 681. The number of aliphatic imine (C=N–C) groups is 1. The van der Waals surface area contributed by atoms with E-state index in [9.17, 15) is 10.2 Å². The Balaban J connectivity index is 1.86. The van der Waals surface area contributed by atoms with Crippen LogP contribution in [-0.4, -0.2) is 41.7 Å². The summed E-state index contributed by atoms with van der Waals surface area (Å²) < 4.78 is 0. The van der Waals surface area contributed by atoms with E-state index in [4.69, 9.17) is 4.99 Å². The van der Waals surface area contributed by atoms with Crippen molar-refractivity contribution in [2.75, 3.05) is 24.6 Å². The number of fused-ring (bicyclic) bond motifs is 2. The van der Waals surface area contributed by atoms with E-state index in [1.165, 1.54) is 6.42 Å². The first-order valence-electron chi connectivity index (χ1n) is 10.0. The zero-order valence-electron chi connectivity index (χ0n) is 16.9. The lowest BCUT2D eigenvalue weighted by molar-refractivity contribution is -0.148. The van der Waals surface area contributed by atoms with Gasteiger partial charge in [0.25, 0.3) is 0 Å². The number of aliphatic hydroxyl groups is 1. The van der Waals surface area contributed by atoms with Gasteiger partial charge in [0.2, 0.25) is 0 Å². The number of anilines is 1. The molecule has 0 saturated heterocycles. The average Bonchev–Trinajstić information content (AvgIpc) is 2.61. The smallest absolute Gasteiger partial charge is 0.126 e. The minimum absolute atomic E-state index is 0.184. The van der Waals surface area contributed by atoms with Crippen molar-refractivity contribution in [1.82, 2.24) is 0 Å². The third-order valence-electron chi connectivity index (χ3n) is 7.42. The molecule has 2 N–H and O–H groups in total. The van der Waals surface area contributed by atoms with E-state index in [2.05, 4.69) is 39.5 Å². The fourth-order valence-electron chi connectivity index (χ4n) is 5.36. The van der Waals surface area contributed by atoms with E-state index < -0.39 is 0 Å². The van der Waals surface area contributed by atoms with Crippen LogP contribution in [0, 0.1) is 23.2 Å². The van der Waals surface area contributed by atoms with Gasteiger partial charge in [-0.25, -0.2) is 0 Å². The first kappa shape index (κ1) is 19.2. The molecule has 0 spiro atoms. The second-order valence-electron chi connectivity index (χ2n) is 8.82. The molecule has 2 bridgehead atoms. The summed E-state index contributed by atoms with van der Waals surface area (Å²) in [4.78, 5) is 7.18. The molecule has 4 nitrogen and oxygen atoms in total. The lowest BCUT2D eigenvalue weighted by atomic mass is 9.41. The molecule has 0 unspecified atom stereocenters. The Morgan fingerprint density at radius 1 is 1.19 bits per heavy atom. The molecule has 3 saturated carbocycles. The van der Waals surface area contributed by atoms with Crippen LogP contribution in [0.3, 0.4) is 0 Å². The van der Waals surface area contributed by atoms with Crippen molar-refractivity contribution in [3.8, 4) is 5.75 Å². The Labute approximate surface area is 158 Å². The maximum atomic E-state index is 10.5. The van der Waals surface area contributed by atoms with E-state index in [-0.39, 0.29) is 29.2 Å². The van der Waals surface area contributed by atoms with Crippen molar-refractivity contribution < 1.29 is 10.2 Å². The number of hydrogen-bond acceptors (Lipinski definition) is 4. The van der Waals surface area contributed by atoms with E-state index in [1.807, 2.05) is 24.4 Å². The molecule has 26 heavy (non-hydrogen) atoms. The van der Waals surface area contributed by atoms with E-state index in [1.54, 1.807) is 0 Å². The summed E-state index contributed by atoms with van der Waals surface area (Å²) in [6.07, 6.45) is 4.06. The van der Waals surface area contributed by atoms with Crippen LogP contribution in [0.25, 0.3) is 0 Å². The van der Waals surface area contributed by atoms with Crippen LogP contribution in [0.15, 0.2) is 23.2 Å². The lowest BCUT2D eigenvalue weighted by Crippen LogP contribution is -2.64. The highest BCUT2D eigenvalue weighted by Gasteiger charge is 2.62. The van der Waals surface area contributed by atoms with Gasteiger partial charge in [0.15, 0.2) is 0 Å². The van der Waals surface area contributed by atoms with E-state index in [0.29, 0.717) is 11.8 Å². The molecule has 0 aromatic heterocycles. The number of phenolic OH excluding ortho intramolecular Hbond substituents is 1. The molecule has 3 aliphatic rings. The summed E-state index contributed by atoms with van der Waals surface area (Å²) in [5.74, 6) is 1.66. The molecular weight excluding hydrogens is 324 g/mol. The van der Waals surface area contributed by atoms with Crippen LogP contribution in [0.1, 0.15) is 53.0 Å². The predicted octanol–water partition coefficient (Wildman–Crippen LogP) is 4.09. The van der Waals surface area contributed by atoms with E-state index in [0.717, 1.165) is 30.8 Å². The number of phenols is 1. The van der Waals surface area contributed by atoms with Crippen LogP contribution in [0.2, 0.25) is 0 Å². The van der Waals surface area contributed by atoms with Crippen molar-refractivity contribution in [3.63, 3.8) is 0 Å². The SMILES string of the molecule is CCN(CC)c1ccc(C=N[C@]2(C)[C@H](CO)C[C@@H]3C[C@H]2C3(C)C)c(O)c1. The van der Waals surface area contributed by atoms with Gasteiger partial charge in [0.05, 0.1) is 5.54 Å². The van der Waals surface area contributed by atoms with Gasteiger partial charge in [-0.1, -0.05) is 13.8 Å². The van der Waals surface area contributed by atoms with Gasteiger partial charge in [-0.3, -0.25) is 4.99 Å². The van der Waals surface area contributed by atoms with E-state index >= 15 is 0 Å². The van der Waals surface area contributed by atoms with Crippen LogP contribution >= 0.6 is 0 Å². The number of rotatable bonds is 6. The highest BCUT2D eigenvalue weighted by atomic mass is 16.3. The fraction of sp³-hybridized carbons (Fsp3) is 0.682. The van der Waals surface area contributed by atoms with Gasteiger partial charge < -0.3 is 15.1 Å². The van der Waals surface area contributed by atoms with Crippen LogP contribution in [0.5, 0.6) is 5.75 Å². The van der Waals surface area contributed by atoms with Crippen LogP contribution in [-0.2, 0) is 0 Å². The summed E-state index contributed by atoms with van der Waals surface area (Å²) in [5.41, 5.74) is 1.80. The molecule has 1 aromatic rings. The summed E-state index contributed by atoms with van der Waals surface area (Å²) in [5, 5.41) is 20.4. The predicted molar refractivity (Wildman–Crippen MR) is 108 cm³/mol. The first-order chi connectivity index (χ1) is 12.3. The average molecular weight is 359 g/mol. The molecule has 1 aromatic carbocycles. The van der Waals surface area contributed by atoms with Gasteiger partial charge >= 0.3 is 0 Å². The minimum atomic E-state index is -0.267. The fourth-order valence-corrected chi connectivity index (χ4v) is 5.36. The van der Waals surface area contributed by atoms with Crippen molar-refractivity contribution in [3.05, 3.63) is 23.8 Å². The van der Waals surface area contributed by atoms with Gasteiger partial charge in [-0.2, -0.15) is 0 Å². The molecule has 4 atom stereocenters. The van der Waals surface area contributed by atoms with Gasteiger partial charge in [0.1, 0.15) is 5.75 Å². The highest BCUT2D eigenvalue weighted by Crippen LogP contribution is 2.65. The third-order valence-corrected chi connectivity index (χ3v) is 7.42. The molecule has 0 heterocycles. The standard InChI is InChI=1S/C22H34N2O2/c1-6-24(7-2)18-9-8-15(19(26)12-18)13-23-22(5)17(14-25)10-16-11-20(22)21(16,3)4/h8-9,12-13,16-17,20,25-26H,6-7,10-11,14H2,1-5H3/t16-,17+,20+,22-/m1/s1. The summed E-state index contributed by atoms with van der Waals surface area (Å²) >= 11 is 0. The Morgan fingerprint density at radius 3 is 2.42 bits per heavy atom. The summed E-state index contributed by atoms with van der Waals surface area (Å²) in [6.45, 7) is 13.1. The molecule has 4 rings (SSSR count). The quantitative estimate of drug-likeness (QED) is 0.753. The minimum Gasteiger partial charge on any atom is -0.507 e. The molecule has 4 heteroatoms. The number of benzene rings is 1. The molecule has 0 amide bonds. The third kappa shape index (κ3) is 2.92. The highest BCUT2D eigenvalue weighted by molar-refractivity contribution is 5.84. The van der Waals surface area contributed by atoms with Crippen LogP contribution < -0.4 is 4.90 Å². The van der Waals surface area contributed by atoms with Crippen molar-refractivity contribution >= 4 is 11.9 Å². The van der Waals surface area contributed by atoms with Gasteiger partial charge in [-0.15, -0.1) is 0 Å². The maximum absolute atomic E-state index is 10.5. The molecule has 144 valence electrons. The number of nitrogens with zero attached hydrogens (tertiary/aromatic N) is 2. The molecule has 3 fully saturated rings. The number of hydrogen-bond donors (Lipinski definition) is 2. The number of aromatic hydroxyl groups is 1. The maximum Gasteiger partial charge on any atom is 0.126 e. The molecule has 3 aliphatic carbocycles. The van der Waals surface area contributed by atoms with Gasteiger partial charge in [-0.05, 0) is 63.0 Å². The molecule has 0 radical (unpaired) electrons. The Morgan fingerprint density at radius 2 is 1.88 bits per heavy atom. The molecule has 0 aliphatic heterocycles. The molecular formula is C22H34N2O2. The summed E-state index contributed by atoms with van der Waals surface area (Å²) in [6, 6.07) is 5.82. The second kappa shape index (κ2) is 6.88. The zero-order chi connectivity index (χ0) is 19.1.